The number of nitrogens with zero attached hydrogens (tertiary/aromatic N) is 5. The van der Waals surface area contributed by atoms with Crippen LogP contribution in [0.3, 0.4) is 0 Å². The minimum atomic E-state index is -0.959. The van der Waals surface area contributed by atoms with Crippen LogP contribution in [0.15, 0.2) is 12.4 Å². The van der Waals surface area contributed by atoms with E-state index in [4.69, 9.17) is 0 Å². The molecule has 0 aromatic carbocycles. The molecule has 3 rings (SSSR count). The van der Waals surface area contributed by atoms with Gasteiger partial charge in [-0.2, -0.15) is 14.6 Å². The van der Waals surface area contributed by atoms with E-state index >= 15 is 0 Å². The topological polar surface area (TPSA) is 104 Å². The molecule has 0 radical (unpaired) electrons. The average Bonchev–Trinajstić information content (AvgIpc) is 2.93. The molecule has 2 aromatic rings. The maximum Gasteiger partial charge on any atom is 0.326 e. The maximum atomic E-state index is 11.3. The van der Waals surface area contributed by atoms with Crippen LogP contribution in [0.4, 0.5) is 5.82 Å². The molecule has 1 fully saturated rings. The zero-order valence-corrected chi connectivity index (χ0v) is 10.3. The summed E-state index contributed by atoms with van der Waals surface area (Å²) in [6.07, 6.45) is 0.911. The fourth-order valence-electron chi connectivity index (χ4n) is 2.42. The lowest BCUT2D eigenvalue weighted by molar-refractivity contribution is -0.138. The Balaban J connectivity index is 2.12. The Bertz CT molecular complexity index is 640. The summed E-state index contributed by atoms with van der Waals surface area (Å²) < 4.78 is 1.49. The van der Waals surface area contributed by atoms with E-state index in [0.717, 1.165) is 5.69 Å². The van der Waals surface area contributed by atoms with Gasteiger partial charge < -0.3 is 15.1 Å². The van der Waals surface area contributed by atoms with Crippen LogP contribution in [0.5, 0.6) is 0 Å². The molecular weight excluding hydrogens is 250 g/mol. The third kappa shape index (κ3) is 1.89. The van der Waals surface area contributed by atoms with E-state index in [2.05, 4.69) is 15.1 Å². The lowest BCUT2D eigenvalue weighted by atomic mass is 10.2. The third-order valence-electron chi connectivity index (χ3n) is 3.22. The highest BCUT2D eigenvalue weighted by Gasteiger charge is 2.37. The summed E-state index contributed by atoms with van der Waals surface area (Å²) in [5, 5.41) is 23.0. The van der Waals surface area contributed by atoms with Gasteiger partial charge in [-0.05, 0) is 6.92 Å². The Kier molecular flexibility index (Phi) is 2.59. The summed E-state index contributed by atoms with van der Waals surface area (Å²) in [6, 6.07) is 0.986. The second-order valence-corrected chi connectivity index (χ2v) is 4.62. The van der Waals surface area contributed by atoms with Gasteiger partial charge in [0, 0.05) is 24.7 Å². The van der Waals surface area contributed by atoms with E-state index in [1.165, 1.54) is 10.8 Å². The number of carboxylic acids is 1. The van der Waals surface area contributed by atoms with E-state index in [1.807, 2.05) is 0 Å². The summed E-state index contributed by atoms with van der Waals surface area (Å²) in [5.74, 6) is 0.0451. The molecule has 2 N–H and O–H groups in total. The van der Waals surface area contributed by atoms with Gasteiger partial charge in [-0.15, -0.1) is 0 Å². The first-order chi connectivity index (χ1) is 9.06. The number of hydrogen-bond donors (Lipinski definition) is 2. The molecule has 8 heteroatoms. The molecule has 0 spiro atoms. The first-order valence-electron chi connectivity index (χ1n) is 5.91. The Morgan fingerprint density at radius 2 is 2.32 bits per heavy atom. The number of rotatable bonds is 2. The second kappa shape index (κ2) is 4.16. The molecular formula is C11H13N5O3. The van der Waals surface area contributed by atoms with Crippen molar-refractivity contribution in [3.05, 3.63) is 18.1 Å². The Morgan fingerprint density at radius 1 is 1.53 bits per heavy atom. The molecule has 1 aliphatic heterocycles. The van der Waals surface area contributed by atoms with Gasteiger partial charge in [-0.3, -0.25) is 0 Å². The lowest BCUT2D eigenvalue weighted by Crippen LogP contribution is -2.37. The van der Waals surface area contributed by atoms with Gasteiger partial charge in [0.25, 0.3) is 5.78 Å². The minimum absolute atomic E-state index is 0.201. The predicted molar refractivity (Wildman–Crippen MR) is 64.9 cm³/mol. The van der Waals surface area contributed by atoms with E-state index in [0.29, 0.717) is 11.6 Å². The standard InChI is InChI=1S/C11H13N5O3/c1-6-2-9(16-11(14-6)12-5-13-16)15-4-7(17)3-8(15)10(18)19/h2,5,7-8,17H,3-4H2,1H3,(H,18,19). The van der Waals surface area contributed by atoms with Crippen molar-refractivity contribution < 1.29 is 15.0 Å². The van der Waals surface area contributed by atoms with Crippen LogP contribution < -0.4 is 4.90 Å². The van der Waals surface area contributed by atoms with Gasteiger partial charge in [-0.1, -0.05) is 0 Å². The maximum absolute atomic E-state index is 11.3. The van der Waals surface area contributed by atoms with Gasteiger partial charge in [0.15, 0.2) is 0 Å². The fraction of sp³-hybridized carbons (Fsp3) is 0.455. The zero-order valence-electron chi connectivity index (χ0n) is 10.3. The number of carboxylic acid groups (broad SMARTS) is 1. The molecule has 0 aliphatic carbocycles. The molecule has 2 aromatic heterocycles. The third-order valence-corrected chi connectivity index (χ3v) is 3.22. The quantitative estimate of drug-likeness (QED) is 0.749. The number of aryl methyl sites for hydroxylation is 1. The van der Waals surface area contributed by atoms with Crippen molar-refractivity contribution in [1.82, 2.24) is 19.6 Å². The normalized spacial score (nSPS) is 23.2. The Hall–Kier alpha value is -2.22. The smallest absolute Gasteiger partial charge is 0.326 e. The molecule has 19 heavy (non-hydrogen) atoms. The summed E-state index contributed by atoms with van der Waals surface area (Å²) in [5.41, 5.74) is 0.723. The summed E-state index contributed by atoms with van der Waals surface area (Å²) in [6.45, 7) is 2.07. The number of aliphatic hydroxyl groups excluding tert-OH is 1. The molecule has 1 aliphatic rings. The van der Waals surface area contributed by atoms with Crippen LogP contribution in [0.2, 0.25) is 0 Å². The second-order valence-electron chi connectivity index (χ2n) is 4.62. The summed E-state index contributed by atoms with van der Waals surface area (Å²) >= 11 is 0. The highest BCUT2D eigenvalue weighted by Crippen LogP contribution is 2.26. The predicted octanol–water partition coefficient (Wildman–Crippen LogP) is -0.543. The van der Waals surface area contributed by atoms with Crippen molar-refractivity contribution in [2.75, 3.05) is 11.4 Å². The van der Waals surface area contributed by atoms with Gasteiger partial charge in [0.1, 0.15) is 18.2 Å². The average molecular weight is 263 g/mol. The Labute approximate surface area is 108 Å². The number of β-amino-alcohol motifs (C(OH)–C–C–N with tert-alkyl or cyclic N) is 1. The Morgan fingerprint density at radius 3 is 3.05 bits per heavy atom. The molecule has 100 valence electrons. The van der Waals surface area contributed by atoms with Crippen molar-refractivity contribution in [3.8, 4) is 0 Å². The SMILES string of the molecule is Cc1cc(N2CC(O)CC2C(=O)O)n2ncnc2n1. The molecule has 3 heterocycles. The van der Waals surface area contributed by atoms with Crippen molar-refractivity contribution in [2.45, 2.75) is 25.5 Å². The van der Waals surface area contributed by atoms with Gasteiger partial charge in [0.2, 0.25) is 0 Å². The molecule has 1 saturated heterocycles. The van der Waals surface area contributed by atoms with Crippen molar-refractivity contribution in [1.29, 1.82) is 0 Å². The van der Waals surface area contributed by atoms with Crippen molar-refractivity contribution in [2.24, 2.45) is 0 Å². The number of fused-ring (bicyclic) bond motifs is 1. The first-order valence-corrected chi connectivity index (χ1v) is 5.91. The van der Waals surface area contributed by atoms with E-state index < -0.39 is 18.1 Å². The van der Waals surface area contributed by atoms with Crippen molar-refractivity contribution >= 4 is 17.6 Å². The van der Waals surface area contributed by atoms with Gasteiger partial charge in [0.05, 0.1) is 6.10 Å². The lowest BCUT2D eigenvalue weighted by Gasteiger charge is -2.23. The highest BCUT2D eigenvalue weighted by atomic mass is 16.4. The molecule has 0 amide bonds. The number of aromatic nitrogens is 4. The number of carbonyl (C=O) groups is 1. The van der Waals surface area contributed by atoms with E-state index in [1.54, 1.807) is 17.9 Å². The highest BCUT2D eigenvalue weighted by molar-refractivity contribution is 5.79. The van der Waals surface area contributed by atoms with Crippen LogP contribution in [-0.4, -0.2) is 54.5 Å². The number of hydrogen-bond acceptors (Lipinski definition) is 6. The molecule has 8 nitrogen and oxygen atoms in total. The van der Waals surface area contributed by atoms with Crippen LogP contribution >= 0.6 is 0 Å². The monoisotopic (exact) mass is 263 g/mol. The van der Waals surface area contributed by atoms with Crippen LogP contribution in [0.1, 0.15) is 12.1 Å². The number of aliphatic carboxylic acids is 1. The molecule has 2 unspecified atom stereocenters. The minimum Gasteiger partial charge on any atom is -0.480 e. The number of anilines is 1. The number of aliphatic hydroxyl groups is 1. The zero-order chi connectivity index (χ0) is 13.6. The van der Waals surface area contributed by atoms with Crippen LogP contribution in [0.25, 0.3) is 5.78 Å². The summed E-state index contributed by atoms with van der Waals surface area (Å²) in [4.78, 5) is 21.1. The van der Waals surface area contributed by atoms with E-state index in [-0.39, 0.29) is 13.0 Å². The fourth-order valence-corrected chi connectivity index (χ4v) is 2.42. The van der Waals surface area contributed by atoms with Crippen LogP contribution in [-0.2, 0) is 4.79 Å². The molecule has 2 atom stereocenters. The first kappa shape index (κ1) is 11.8. The van der Waals surface area contributed by atoms with E-state index in [9.17, 15) is 15.0 Å². The van der Waals surface area contributed by atoms with Crippen molar-refractivity contribution in [3.63, 3.8) is 0 Å². The van der Waals surface area contributed by atoms with Gasteiger partial charge in [-0.25, -0.2) is 9.78 Å². The molecule has 0 bridgehead atoms. The van der Waals surface area contributed by atoms with Crippen LogP contribution in [0, 0.1) is 6.92 Å². The largest absolute Gasteiger partial charge is 0.480 e. The summed E-state index contributed by atoms with van der Waals surface area (Å²) in [7, 11) is 0. The molecule has 0 saturated carbocycles. The van der Waals surface area contributed by atoms with Gasteiger partial charge >= 0.3 is 5.97 Å².